The Morgan fingerprint density at radius 2 is 1.80 bits per heavy atom. The van der Waals surface area contributed by atoms with Gasteiger partial charge in [0.1, 0.15) is 0 Å². The van der Waals surface area contributed by atoms with Crippen molar-refractivity contribution in [3.63, 3.8) is 0 Å². The van der Waals surface area contributed by atoms with E-state index in [0.717, 1.165) is 18.4 Å². The van der Waals surface area contributed by atoms with E-state index < -0.39 is 0 Å². The van der Waals surface area contributed by atoms with E-state index in [-0.39, 0.29) is 11.3 Å². The first-order valence-electron chi connectivity index (χ1n) is 7.26. The third-order valence-corrected chi connectivity index (χ3v) is 4.25. The molecule has 0 unspecified atom stereocenters. The van der Waals surface area contributed by atoms with Gasteiger partial charge in [-0.1, -0.05) is 26.0 Å². The number of amides is 1. The van der Waals surface area contributed by atoms with E-state index in [1.54, 1.807) is 0 Å². The SMILES string of the molecule is CC(C)c1ccc(C(=O)N2CCC(C)(C#N)CC2)cc1. The summed E-state index contributed by atoms with van der Waals surface area (Å²) in [6.07, 6.45) is 1.53. The van der Waals surface area contributed by atoms with Crippen LogP contribution in [0.3, 0.4) is 0 Å². The van der Waals surface area contributed by atoms with Crippen LogP contribution in [-0.2, 0) is 0 Å². The van der Waals surface area contributed by atoms with Crippen molar-refractivity contribution in [3.8, 4) is 6.07 Å². The average Bonchev–Trinajstić information content (AvgIpc) is 2.47. The highest BCUT2D eigenvalue weighted by molar-refractivity contribution is 5.94. The summed E-state index contributed by atoms with van der Waals surface area (Å²) in [5, 5.41) is 9.12. The molecule has 1 aliphatic heterocycles. The molecule has 1 heterocycles. The summed E-state index contributed by atoms with van der Waals surface area (Å²) in [5.74, 6) is 0.561. The predicted octanol–water partition coefficient (Wildman–Crippen LogP) is 3.58. The molecule has 0 aromatic heterocycles. The summed E-state index contributed by atoms with van der Waals surface area (Å²) in [5.41, 5.74) is 1.73. The first-order chi connectivity index (χ1) is 9.45. The van der Waals surface area contributed by atoms with Crippen LogP contribution in [0.25, 0.3) is 0 Å². The molecule has 0 N–H and O–H groups in total. The van der Waals surface area contributed by atoms with E-state index in [2.05, 4.69) is 19.9 Å². The van der Waals surface area contributed by atoms with Gasteiger partial charge in [0.15, 0.2) is 0 Å². The van der Waals surface area contributed by atoms with Gasteiger partial charge in [-0.05, 0) is 43.4 Å². The summed E-state index contributed by atoms with van der Waals surface area (Å²) in [6, 6.07) is 10.2. The standard InChI is InChI=1S/C17H22N2O/c1-13(2)14-4-6-15(7-5-14)16(20)19-10-8-17(3,12-18)9-11-19/h4-7,13H,8-11H2,1-3H3. The Kier molecular flexibility index (Phi) is 4.13. The van der Waals surface area contributed by atoms with Gasteiger partial charge < -0.3 is 4.90 Å². The summed E-state index contributed by atoms with van der Waals surface area (Å²) in [6.45, 7) is 7.62. The lowest BCUT2D eigenvalue weighted by Crippen LogP contribution is -2.41. The third kappa shape index (κ3) is 3.01. The van der Waals surface area contributed by atoms with Crippen molar-refractivity contribution in [2.45, 2.75) is 39.5 Å². The Hall–Kier alpha value is -1.82. The first kappa shape index (κ1) is 14.6. The summed E-state index contributed by atoms with van der Waals surface area (Å²) < 4.78 is 0. The second-order valence-corrected chi connectivity index (χ2v) is 6.24. The number of piperidine rings is 1. The van der Waals surface area contributed by atoms with E-state index in [4.69, 9.17) is 5.26 Å². The fourth-order valence-electron chi connectivity index (χ4n) is 2.51. The highest BCUT2D eigenvalue weighted by Gasteiger charge is 2.32. The fraction of sp³-hybridized carbons (Fsp3) is 0.529. The molecule has 1 aromatic rings. The Labute approximate surface area is 121 Å². The highest BCUT2D eigenvalue weighted by Crippen LogP contribution is 2.30. The van der Waals surface area contributed by atoms with Crippen molar-refractivity contribution >= 4 is 5.91 Å². The third-order valence-electron chi connectivity index (χ3n) is 4.25. The number of hydrogen-bond acceptors (Lipinski definition) is 2. The Morgan fingerprint density at radius 3 is 2.25 bits per heavy atom. The van der Waals surface area contributed by atoms with Crippen molar-refractivity contribution in [1.29, 1.82) is 5.26 Å². The molecule has 0 saturated carbocycles. The van der Waals surface area contributed by atoms with Crippen LogP contribution in [0.1, 0.15) is 55.5 Å². The second kappa shape index (κ2) is 5.66. The van der Waals surface area contributed by atoms with Crippen molar-refractivity contribution in [1.82, 2.24) is 4.90 Å². The smallest absolute Gasteiger partial charge is 0.253 e. The average molecular weight is 270 g/mol. The Morgan fingerprint density at radius 1 is 1.25 bits per heavy atom. The van der Waals surface area contributed by atoms with Crippen LogP contribution >= 0.6 is 0 Å². The zero-order chi connectivity index (χ0) is 14.8. The molecular weight excluding hydrogens is 248 g/mol. The molecule has 2 rings (SSSR count). The van der Waals surface area contributed by atoms with Gasteiger partial charge in [0.05, 0.1) is 11.5 Å². The maximum atomic E-state index is 12.4. The first-order valence-corrected chi connectivity index (χ1v) is 7.26. The number of nitrogens with zero attached hydrogens (tertiary/aromatic N) is 2. The number of hydrogen-bond donors (Lipinski definition) is 0. The molecule has 0 atom stereocenters. The number of benzene rings is 1. The van der Waals surface area contributed by atoms with E-state index >= 15 is 0 Å². The lowest BCUT2D eigenvalue weighted by molar-refractivity contribution is 0.0661. The molecule has 3 heteroatoms. The van der Waals surface area contributed by atoms with Crippen LogP contribution in [0.2, 0.25) is 0 Å². The van der Waals surface area contributed by atoms with Crippen molar-refractivity contribution < 1.29 is 4.79 Å². The molecule has 106 valence electrons. The quantitative estimate of drug-likeness (QED) is 0.824. The number of likely N-dealkylation sites (tertiary alicyclic amines) is 1. The second-order valence-electron chi connectivity index (χ2n) is 6.24. The number of carbonyl (C=O) groups is 1. The van der Waals surface area contributed by atoms with E-state index in [9.17, 15) is 4.79 Å². The highest BCUT2D eigenvalue weighted by atomic mass is 16.2. The van der Waals surface area contributed by atoms with Gasteiger partial charge in [0.2, 0.25) is 0 Å². The van der Waals surface area contributed by atoms with Crippen molar-refractivity contribution in [3.05, 3.63) is 35.4 Å². The van der Waals surface area contributed by atoms with Gasteiger partial charge in [0.25, 0.3) is 5.91 Å². The molecule has 0 bridgehead atoms. The summed E-state index contributed by atoms with van der Waals surface area (Å²) in [7, 11) is 0. The zero-order valence-corrected chi connectivity index (χ0v) is 12.5. The Bertz CT molecular complexity index is 517. The molecule has 1 aromatic carbocycles. The lowest BCUT2D eigenvalue weighted by Gasteiger charge is -2.35. The molecular formula is C17H22N2O. The number of carbonyl (C=O) groups excluding carboxylic acids is 1. The van der Waals surface area contributed by atoms with Gasteiger partial charge in [-0.2, -0.15) is 5.26 Å². The largest absolute Gasteiger partial charge is 0.339 e. The normalized spacial score (nSPS) is 17.9. The minimum absolute atomic E-state index is 0.0836. The van der Waals surface area contributed by atoms with Gasteiger partial charge in [-0.15, -0.1) is 0 Å². The fourth-order valence-corrected chi connectivity index (χ4v) is 2.51. The molecule has 0 spiro atoms. The summed E-state index contributed by atoms with van der Waals surface area (Å²) in [4.78, 5) is 14.3. The minimum atomic E-state index is -0.266. The monoisotopic (exact) mass is 270 g/mol. The minimum Gasteiger partial charge on any atom is -0.339 e. The molecule has 0 radical (unpaired) electrons. The van der Waals surface area contributed by atoms with Crippen LogP contribution < -0.4 is 0 Å². The van der Waals surface area contributed by atoms with E-state index in [1.165, 1.54) is 5.56 Å². The number of rotatable bonds is 2. The van der Waals surface area contributed by atoms with Crippen LogP contribution in [0.4, 0.5) is 0 Å². The van der Waals surface area contributed by atoms with Crippen molar-refractivity contribution in [2.24, 2.45) is 5.41 Å². The van der Waals surface area contributed by atoms with Gasteiger partial charge in [-0.3, -0.25) is 4.79 Å². The molecule has 20 heavy (non-hydrogen) atoms. The van der Waals surface area contributed by atoms with Gasteiger partial charge in [0, 0.05) is 18.7 Å². The molecule has 0 aliphatic carbocycles. The topological polar surface area (TPSA) is 44.1 Å². The number of nitriles is 1. The maximum absolute atomic E-state index is 12.4. The van der Waals surface area contributed by atoms with Crippen LogP contribution in [0.5, 0.6) is 0 Å². The molecule has 1 amide bonds. The molecule has 1 saturated heterocycles. The van der Waals surface area contributed by atoms with Crippen LogP contribution in [-0.4, -0.2) is 23.9 Å². The molecule has 3 nitrogen and oxygen atoms in total. The van der Waals surface area contributed by atoms with Gasteiger partial charge >= 0.3 is 0 Å². The van der Waals surface area contributed by atoms with E-state index in [0.29, 0.717) is 19.0 Å². The predicted molar refractivity (Wildman–Crippen MR) is 79.4 cm³/mol. The maximum Gasteiger partial charge on any atom is 0.253 e. The van der Waals surface area contributed by atoms with E-state index in [1.807, 2.05) is 36.1 Å². The zero-order valence-electron chi connectivity index (χ0n) is 12.5. The van der Waals surface area contributed by atoms with Gasteiger partial charge in [-0.25, -0.2) is 0 Å². The Balaban J connectivity index is 2.04. The van der Waals surface area contributed by atoms with Crippen molar-refractivity contribution in [2.75, 3.05) is 13.1 Å². The summed E-state index contributed by atoms with van der Waals surface area (Å²) >= 11 is 0. The van der Waals surface area contributed by atoms with Crippen LogP contribution in [0, 0.1) is 16.7 Å². The van der Waals surface area contributed by atoms with Crippen LogP contribution in [0.15, 0.2) is 24.3 Å². The lowest BCUT2D eigenvalue weighted by atomic mass is 9.82. The molecule has 1 aliphatic rings. The molecule has 1 fully saturated rings.